The van der Waals surface area contributed by atoms with Crippen LogP contribution in [0.5, 0.6) is 5.75 Å². The number of carbonyl (C=O) groups is 2. The van der Waals surface area contributed by atoms with Crippen LogP contribution in [0.3, 0.4) is 0 Å². The Hall–Kier alpha value is -3.30. The van der Waals surface area contributed by atoms with Gasteiger partial charge in [0, 0.05) is 26.2 Å². The maximum absolute atomic E-state index is 14.0. The van der Waals surface area contributed by atoms with Crippen molar-refractivity contribution in [2.45, 2.75) is 6.04 Å². The van der Waals surface area contributed by atoms with E-state index in [-0.39, 0.29) is 23.4 Å². The quantitative estimate of drug-likeness (QED) is 0.408. The summed E-state index contributed by atoms with van der Waals surface area (Å²) in [6, 6.07) is 7.93. The van der Waals surface area contributed by atoms with Crippen molar-refractivity contribution in [3.8, 4) is 5.75 Å². The Morgan fingerprint density at radius 2 is 1.73 bits per heavy atom. The molecule has 4 rings (SSSR count). The van der Waals surface area contributed by atoms with E-state index in [2.05, 4.69) is 4.90 Å². The first-order valence-electron chi connectivity index (χ1n) is 10.6. The number of morpholine rings is 1. The molecule has 2 aliphatic heterocycles. The van der Waals surface area contributed by atoms with E-state index in [0.29, 0.717) is 38.4 Å². The third-order valence-corrected chi connectivity index (χ3v) is 5.90. The predicted octanol–water partition coefficient (Wildman–Crippen LogP) is 2.73. The largest absolute Gasteiger partial charge is 0.507 e. The van der Waals surface area contributed by atoms with Gasteiger partial charge in [-0.05, 0) is 35.9 Å². The molecule has 174 valence electrons. The molecule has 9 heteroatoms. The fourth-order valence-electron chi connectivity index (χ4n) is 4.19. The summed E-state index contributed by atoms with van der Waals surface area (Å²) >= 11 is 0. The average molecular weight is 458 g/mol. The van der Waals surface area contributed by atoms with Gasteiger partial charge in [-0.3, -0.25) is 14.5 Å². The summed E-state index contributed by atoms with van der Waals surface area (Å²) in [5.41, 5.74) is 0.211. The topological polar surface area (TPSA) is 79.3 Å². The van der Waals surface area contributed by atoms with Crippen molar-refractivity contribution in [2.75, 3.05) is 46.5 Å². The van der Waals surface area contributed by atoms with Gasteiger partial charge in [-0.15, -0.1) is 0 Å². The second kappa shape index (κ2) is 9.68. The van der Waals surface area contributed by atoms with Gasteiger partial charge in [0.2, 0.25) is 0 Å². The van der Waals surface area contributed by atoms with E-state index in [0.717, 1.165) is 12.1 Å². The van der Waals surface area contributed by atoms with Gasteiger partial charge >= 0.3 is 0 Å². The Balaban J connectivity index is 1.78. The molecule has 2 saturated heterocycles. The lowest BCUT2D eigenvalue weighted by Crippen LogP contribution is -2.42. The molecule has 0 aliphatic carbocycles. The fraction of sp³-hybridized carbons (Fsp3) is 0.333. The molecule has 0 spiro atoms. The standard InChI is InChI=1S/C24H24F2N2O5/c1-32-19-7-6-17(26)14-18(19)22(29)20-21(15-2-4-16(25)5-3-15)28(24(31)23(20)30)9-8-27-10-12-33-13-11-27/h2-7,14,21,29H,8-13H2,1H3/b22-20+/t21-/m0/s1. The van der Waals surface area contributed by atoms with E-state index in [1.165, 1.54) is 42.3 Å². The summed E-state index contributed by atoms with van der Waals surface area (Å²) in [4.78, 5) is 29.5. The van der Waals surface area contributed by atoms with Crippen molar-refractivity contribution in [1.82, 2.24) is 9.80 Å². The number of ketones is 1. The smallest absolute Gasteiger partial charge is 0.295 e. The van der Waals surface area contributed by atoms with Crippen LogP contribution in [0.1, 0.15) is 17.2 Å². The van der Waals surface area contributed by atoms with Crippen LogP contribution in [0.25, 0.3) is 5.76 Å². The zero-order valence-electron chi connectivity index (χ0n) is 18.1. The first kappa shape index (κ1) is 22.9. The summed E-state index contributed by atoms with van der Waals surface area (Å²) in [5, 5.41) is 11.1. The summed E-state index contributed by atoms with van der Waals surface area (Å²) in [6.45, 7) is 3.28. The number of hydrogen-bond acceptors (Lipinski definition) is 6. The van der Waals surface area contributed by atoms with Gasteiger partial charge in [0.25, 0.3) is 11.7 Å². The molecule has 0 aromatic heterocycles. The lowest BCUT2D eigenvalue weighted by Gasteiger charge is -2.31. The molecule has 33 heavy (non-hydrogen) atoms. The van der Waals surface area contributed by atoms with Gasteiger partial charge in [-0.1, -0.05) is 12.1 Å². The van der Waals surface area contributed by atoms with Crippen molar-refractivity contribution in [3.63, 3.8) is 0 Å². The summed E-state index contributed by atoms with van der Waals surface area (Å²) in [7, 11) is 1.35. The second-order valence-corrected chi connectivity index (χ2v) is 7.84. The molecular weight excluding hydrogens is 434 g/mol. The van der Waals surface area contributed by atoms with Crippen LogP contribution >= 0.6 is 0 Å². The lowest BCUT2D eigenvalue weighted by atomic mass is 9.95. The Morgan fingerprint density at radius 3 is 2.39 bits per heavy atom. The van der Waals surface area contributed by atoms with Crippen LogP contribution < -0.4 is 4.74 Å². The molecule has 0 saturated carbocycles. The third-order valence-electron chi connectivity index (χ3n) is 5.90. The summed E-state index contributed by atoms with van der Waals surface area (Å²) < 4.78 is 38.1. The minimum absolute atomic E-state index is 0.0456. The highest BCUT2D eigenvalue weighted by atomic mass is 19.1. The minimum atomic E-state index is -0.959. The van der Waals surface area contributed by atoms with E-state index in [1.54, 1.807) is 0 Å². The Kier molecular flexibility index (Phi) is 6.71. The maximum Gasteiger partial charge on any atom is 0.295 e. The Morgan fingerprint density at radius 1 is 1.06 bits per heavy atom. The van der Waals surface area contributed by atoms with Crippen molar-refractivity contribution >= 4 is 17.4 Å². The molecule has 0 radical (unpaired) electrons. The zero-order chi connectivity index (χ0) is 23.5. The molecule has 0 unspecified atom stereocenters. The molecule has 0 bridgehead atoms. The summed E-state index contributed by atoms with van der Waals surface area (Å²) in [6.07, 6.45) is 0. The number of aliphatic hydroxyl groups excluding tert-OH is 1. The number of benzene rings is 2. The van der Waals surface area contributed by atoms with Crippen LogP contribution in [0.4, 0.5) is 8.78 Å². The highest BCUT2D eigenvalue weighted by Gasteiger charge is 2.46. The lowest BCUT2D eigenvalue weighted by molar-refractivity contribution is -0.140. The van der Waals surface area contributed by atoms with Crippen molar-refractivity contribution in [3.05, 3.63) is 70.8 Å². The van der Waals surface area contributed by atoms with Crippen molar-refractivity contribution < 1.29 is 33.0 Å². The van der Waals surface area contributed by atoms with Gasteiger partial charge in [-0.2, -0.15) is 0 Å². The van der Waals surface area contributed by atoms with Gasteiger partial charge < -0.3 is 19.5 Å². The summed E-state index contributed by atoms with van der Waals surface area (Å²) in [5.74, 6) is -3.20. The first-order chi connectivity index (χ1) is 15.9. The number of rotatable bonds is 6. The third kappa shape index (κ3) is 4.60. The van der Waals surface area contributed by atoms with Crippen LogP contribution in [-0.4, -0.2) is 73.1 Å². The Bertz CT molecular complexity index is 1080. The number of Topliss-reactive ketones (excluding diaryl/α,β-unsaturated/α-hetero) is 1. The number of aliphatic hydroxyl groups is 1. The molecule has 1 atom stereocenters. The molecular formula is C24H24F2N2O5. The molecule has 2 heterocycles. The van der Waals surface area contributed by atoms with E-state index >= 15 is 0 Å². The number of likely N-dealkylation sites (tertiary alicyclic amines) is 1. The molecule has 2 aliphatic rings. The number of amides is 1. The number of carbonyl (C=O) groups excluding carboxylic acids is 2. The van der Waals surface area contributed by atoms with Gasteiger partial charge in [0.1, 0.15) is 23.1 Å². The highest BCUT2D eigenvalue weighted by molar-refractivity contribution is 6.46. The minimum Gasteiger partial charge on any atom is -0.507 e. The molecule has 2 fully saturated rings. The number of nitrogens with zero attached hydrogens (tertiary/aromatic N) is 2. The van der Waals surface area contributed by atoms with E-state index in [9.17, 15) is 23.5 Å². The van der Waals surface area contributed by atoms with Crippen LogP contribution in [0, 0.1) is 11.6 Å². The molecule has 1 N–H and O–H groups in total. The Labute approximate surface area is 189 Å². The van der Waals surface area contributed by atoms with Gasteiger partial charge in [0.05, 0.1) is 37.5 Å². The number of hydrogen-bond donors (Lipinski definition) is 1. The van der Waals surface area contributed by atoms with E-state index in [4.69, 9.17) is 9.47 Å². The van der Waals surface area contributed by atoms with Crippen LogP contribution in [0.2, 0.25) is 0 Å². The van der Waals surface area contributed by atoms with Crippen molar-refractivity contribution in [2.24, 2.45) is 0 Å². The molecule has 1 amide bonds. The number of halogens is 2. The number of ether oxygens (including phenoxy) is 2. The number of methoxy groups -OCH3 is 1. The normalized spacial score (nSPS) is 20.9. The van der Waals surface area contributed by atoms with E-state index < -0.39 is 35.1 Å². The maximum atomic E-state index is 14.0. The monoisotopic (exact) mass is 458 g/mol. The SMILES string of the molecule is COc1ccc(F)cc1/C(O)=C1\C(=O)C(=O)N(CCN2CCOCC2)[C@H]1c1ccc(F)cc1. The van der Waals surface area contributed by atoms with E-state index in [1.807, 2.05) is 0 Å². The van der Waals surface area contributed by atoms with Gasteiger partial charge in [-0.25, -0.2) is 8.78 Å². The molecule has 2 aromatic rings. The molecule has 7 nitrogen and oxygen atoms in total. The van der Waals surface area contributed by atoms with Crippen LogP contribution in [0.15, 0.2) is 48.0 Å². The first-order valence-corrected chi connectivity index (χ1v) is 10.6. The highest BCUT2D eigenvalue weighted by Crippen LogP contribution is 2.41. The molecule has 2 aromatic carbocycles. The zero-order valence-corrected chi connectivity index (χ0v) is 18.1. The predicted molar refractivity (Wildman–Crippen MR) is 116 cm³/mol. The second-order valence-electron chi connectivity index (χ2n) is 7.84. The fourth-order valence-corrected chi connectivity index (χ4v) is 4.19. The van der Waals surface area contributed by atoms with Gasteiger partial charge in [0.15, 0.2) is 0 Å². The van der Waals surface area contributed by atoms with Crippen molar-refractivity contribution in [1.29, 1.82) is 0 Å². The van der Waals surface area contributed by atoms with Crippen LogP contribution in [-0.2, 0) is 14.3 Å². The average Bonchev–Trinajstić information content (AvgIpc) is 3.08.